The van der Waals surface area contributed by atoms with Gasteiger partial charge in [0, 0.05) is 12.8 Å². The molecule has 0 heterocycles. The van der Waals surface area contributed by atoms with Gasteiger partial charge in [-0.25, -0.2) is 0 Å². The topological polar surface area (TPSA) is 147 Å². The number of aryl methyl sites for hydroxylation is 2. The van der Waals surface area contributed by atoms with E-state index in [0.717, 1.165) is 11.1 Å². The number of imide groups is 1. The van der Waals surface area contributed by atoms with E-state index in [9.17, 15) is 29.1 Å². The van der Waals surface area contributed by atoms with E-state index in [1.54, 1.807) is 68.4 Å². The highest BCUT2D eigenvalue weighted by Gasteiger charge is 2.51. The number of benzene rings is 2. The minimum atomic E-state index is -3.98. The first-order valence-corrected chi connectivity index (χ1v) is 15.5. The molecule has 11 heteroatoms. The molecule has 3 amide bonds. The second-order valence-corrected chi connectivity index (χ2v) is 13.1. The Bertz CT molecular complexity index is 1350. The van der Waals surface area contributed by atoms with Crippen molar-refractivity contribution in [1.82, 2.24) is 10.2 Å². The Morgan fingerprint density at radius 1 is 0.870 bits per heavy atom. The van der Waals surface area contributed by atoms with Crippen molar-refractivity contribution in [3.05, 3.63) is 71.8 Å². The molecule has 0 bridgehead atoms. The molecular formula is C35H47F2N3O6. The number of halogens is 2. The number of amides is 3. The lowest BCUT2D eigenvalue weighted by molar-refractivity contribution is -0.160. The molecule has 0 spiro atoms. The summed E-state index contributed by atoms with van der Waals surface area (Å²) >= 11 is 0. The van der Waals surface area contributed by atoms with Crippen molar-refractivity contribution in [3.8, 4) is 0 Å². The number of rotatable bonds is 16. The first-order valence-electron chi connectivity index (χ1n) is 15.5. The van der Waals surface area contributed by atoms with Gasteiger partial charge in [-0.2, -0.15) is 8.78 Å². The fourth-order valence-corrected chi connectivity index (χ4v) is 5.21. The number of hydrogen-bond donors (Lipinski definition) is 3. The Labute approximate surface area is 269 Å². The monoisotopic (exact) mass is 643 g/mol. The predicted octanol–water partition coefficient (Wildman–Crippen LogP) is 4.81. The van der Waals surface area contributed by atoms with E-state index < -0.39 is 77.2 Å². The van der Waals surface area contributed by atoms with Gasteiger partial charge in [-0.3, -0.25) is 28.9 Å². The summed E-state index contributed by atoms with van der Waals surface area (Å²) in [4.78, 5) is 67.1. The molecule has 0 aliphatic heterocycles. The zero-order valence-corrected chi connectivity index (χ0v) is 27.5. The van der Waals surface area contributed by atoms with Gasteiger partial charge in [-0.1, -0.05) is 95.3 Å². The maximum atomic E-state index is 15.5. The molecule has 2 rings (SSSR count). The van der Waals surface area contributed by atoms with Crippen LogP contribution in [-0.2, 0) is 36.8 Å². The van der Waals surface area contributed by atoms with Crippen molar-refractivity contribution in [2.24, 2.45) is 23.0 Å². The van der Waals surface area contributed by atoms with Crippen molar-refractivity contribution in [1.29, 1.82) is 0 Å². The SMILES string of the molecule is CC(C)[C@H](N)C(=O)N(C(=O)CCc1ccccc1)[C@@H](C)C(=O)NC(C(=O)C(F)(F)CCCc1ccccc1)C(C(=O)O)C(C)(C)C. The summed E-state index contributed by atoms with van der Waals surface area (Å²) in [5, 5.41) is 12.3. The Hall–Kier alpha value is -3.99. The van der Waals surface area contributed by atoms with Gasteiger partial charge in [-0.05, 0) is 48.6 Å². The lowest BCUT2D eigenvalue weighted by Gasteiger charge is -2.36. The number of carboxylic acid groups (broad SMARTS) is 1. The summed E-state index contributed by atoms with van der Waals surface area (Å²) in [5.74, 6) is -12.2. The molecular weight excluding hydrogens is 596 g/mol. The predicted molar refractivity (Wildman–Crippen MR) is 171 cm³/mol. The highest BCUT2D eigenvalue weighted by atomic mass is 19.3. The Kier molecular flexibility index (Phi) is 13.7. The van der Waals surface area contributed by atoms with E-state index >= 15 is 8.78 Å². The van der Waals surface area contributed by atoms with E-state index in [4.69, 9.17) is 5.73 Å². The normalized spacial score (nSPS) is 14.6. The largest absolute Gasteiger partial charge is 0.481 e. The van der Waals surface area contributed by atoms with Gasteiger partial charge in [0.25, 0.3) is 0 Å². The molecule has 0 saturated carbocycles. The molecule has 4 N–H and O–H groups in total. The minimum absolute atomic E-state index is 0.0711. The summed E-state index contributed by atoms with van der Waals surface area (Å²) < 4.78 is 31.0. The zero-order valence-electron chi connectivity index (χ0n) is 27.5. The highest BCUT2D eigenvalue weighted by molar-refractivity contribution is 6.04. The lowest BCUT2D eigenvalue weighted by Crippen LogP contribution is -2.62. The maximum Gasteiger partial charge on any atom is 0.309 e. The first kappa shape index (κ1) is 38.2. The van der Waals surface area contributed by atoms with Crippen molar-refractivity contribution in [3.63, 3.8) is 0 Å². The van der Waals surface area contributed by atoms with Gasteiger partial charge in [0.05, 0.1) is 12.0 Å². The van der Waals surface area contributed by atoms with Gasteiger partial charge < -0.3 is 16.2 Å². The Balaban J connectivity index is 2.40. The maximum absolute atomic E-state index is 15.5. The summed E-state index contributed by atoms with van der Waals surface area (Å²) in [6.07, 6.45) is -0.600. The van der Waals surface area contributed by atoms with Crippen molar-refractivity contribution in [2.75, 3.05) is 0 Å². The lowest BCUT2D eigenvalue weighted by atomic mass is 9.73. The van der Waals surface area contributed by atoms with Crippen molar-refractivity contribution >= 4 is 29.5 Å². The van der Waals surface area contributed by atoms with Crippen LogP contribution in [-0.4, -0.2) is 63.5 Å². The van der Waals surface area contributed by atoms with Crippen LogP contribution in [0.3, 0.4) is 0 Å². The number of Topliss-reactive ketones (excluding diaryl/α,β-unsaturated/α-hetero) is 1. The van der Waals surface area contributed by atoms with Gasteiger partial charge in [0.2, 0.25) is 23.5 Å². The number of carbonyl (C=O) groups excluding carboxylic acids is 4. The van der Waals surface area contributed by atoms with Crippen LogP contribution in [0.5, 0.6) is 0 Å². The molecule has 4 atom stereocenters. The Morgan fingerprint density at radius 3 is 1.83 bits per heavy atom. The third-order valence-corrected chi connectivity index (χ3v) is 8.02. The molecule has 0 aromatic heterocycles. The number of hydrogen-bond acceptors (Lipinski definition) is 6. The van der Waals surface area contributed by atoms with Crippen LogP contribution in [0.4, 0.5) is 8.78 Å². The molecule has 0 radical (unpaired) electrons. The van der Waals surface area contributed by atoms with Crippen LogP contribution in [0.15, 0.2) is 60.7 Å². The number of ketones is 1. The number of carboxylic acids is 1. The first-order chi connectivity index (χ1) is 21.4. The molecule has 0 fully saturated rings. The minimum Gasteiger partial charge on any atom is -0.481 e. The number of nitrogens with two attached hydrogens (primary N) is 1. The third kappa shape index (κ3) is 10.5. The van der Waals surface area contributed by atoms with E-state index in [1.165, 1.54) is 27.7 Å². The number of nitrogens with one attached hydrogen (secondary N) is 1. The molecule has 9 nitrogen and oxygen atoms in total. The average Bonchev–Trinajstić information content (AvgIpc) is 2.98. The number of aliphatic carboxylic acids is 1. The number of nitrogens with zero attached hydrogens (tertiary/aromatic N) is 1. The van der Waals surface area contributed by atoms with Crippen LogP contribution in [0.1, 0.15) is 71.9 Å². The fraction of sp³-hybridized carbons (Fsp3) is 0.514. The van der Waals surface area contributed by atoms with E-state index in [-0.39, 0.29) is 25.7 Å². The molecule has 0 saturated heterocycles. The Morgan fingerprint density at radius 2 is 1.37 bits per heavy atom. The molecule has 2 aromatic carbocycles. The van der Waals surface area contributed by atoms with Gasteiger partial charge >= 0.3 is 11.9 Å². The summed E-state index contributed by atoms with van der Waals surface area (Å²) in [6.45, 7) is 8.91. The second-order valence-electron chi connectivity index (χ2n) is 13.1. The molecule has 0 aliphatic carbocycles. The van der Waals surface area contributed by atoms with Gasteiger partial charge in [-0.15, -0.1) is 0 Å². The van der Waals surface area contributed by atoms with Gasteiger partial charge in [0.1, 0.15) is 12.1 Å². The van der Waals surface area contributed by atoms with Crippen LogP contribution in [0.25, 0.3) is 0 Å². The summed E-state index contributed by atoms with van der Waals surface area (Å²) in [5.41, 5.74) is 6.44. The molecule has 2 unspecified atom stereocenters. The zero-order chi connectivity index (χ0) is 34.8. The van der Waals surface area contributed by atoms with E-state index in [1.807, 2.05) is 6.07 Å². The fourth-order valence-electron chi connectivity index (χ4n) is 5.21. The van der Waals surface area contributed by atoms with Crippen LogP contribution in [0.2, 0.25) is 0 Å². The van der Waals surface area contributed by atoms with Crippen LogP contribution >= 0.6 is 0 Å². The van der Waals surface area contributed by atoms with E-state index in [0.29, 0.717) is 4.90 Å². The average molecular weight is 644 g/mol. The third-order valence-electron chi connectivity index (χ3n) is 8.02. The van der Waals surface area contributed by atoms with Gasteiger partial charge in [0.15, 0.2) is 0 Å². The molecule has 0 aliphatic rings. The number of carbonyl (C=O) groups is 5. The highest BCUT2D eigenvalue weighted by Crippen LogP contribution is 2.34. The quantitative estimate of drug-likeness (QED) is 0.238. The molecule has 46 heavy (non-hydrogen) atoms. The molecule has 2 aromatic rings. The summed E-state index contributed by atoms with van der Waals surface area (Å²) in [7, 11) is 0. The van der Waals surface area contributed by atoms with Crippen molar-refractivity contribution < 1.29 is 37.9 Å². The summed E-state index contributed by atoms with van der Waals surface area (Å²) in [6, 6.07) is 12.9. The van der Waals surface area contributed by atoms with Crippen molar-refractivity contribution in [2.45, 2.75) is 97.7 Å². The standard InChI is InChI=1S/C35H47F2N3O6/c1-22(2)28(38)32(44)40(26(41)20-19-25-16-11-8-12-17-25)23(3)31(43)39-29(27(33(45)46)34(4,5)6)30(42)35(36,37)21-13-18-24-14-9-7-10-15-24/h7-12,14-17,22-23,27-29H,13,18-21,38H2,1-6H3,(H,39,43)(H,45,46)/t23-,27?,28-,29?/m0/s1. The second kappa shape index (κ2) is 16.5. The van der Waals surface area contributed by atoms with E-state index in [2.05, 4.69) is 5.32 Å². The van der Waals surface area contributed by atoms with Crippen LogP contribution < -0.4 is 11.1 Å². The van der Waals surface area contributed by atoms with Crippen LogP contribution in [0, 0.1) is 17.3 Å². The molecule has 252 valence electrons. The number of alkyl halides is 2. The smallest absolute Gasteiger partial charge is 0.309 e.